The van der Waals surface area contributed by atoms with Gasteiger partial charge in [-0.2, -0.15) is 0 Å². The Balaban J connectivity index is 1.92. The molecule has 88 valence electrons. The monoisotopic (exact) mass is 240 g/mol. The molecule has 1 aliphatic rings. The highest BCUT2D eigenvalue weighted by Gasteiger charge is 2.24. The highest BCUT2D eigenvalue weighted by atomic mass is 32.1. The SMILES string of the molecule is CNc1nc(C(=O)N[C@@H]2CC[C@@H](N)C2)cs1. The highest BCUT2D eigenvalue weighted by Crippen LogP contribution is 2.19. The average Bonchev–Trinajstić information content (AvgIpc) is 2.87. The molecule has 0 unspecified atom stereocenters. The number of carbonyl (C=O) groups is 1. The van der Waals surface area contributed by atoms with Gasteiger partial charge in [-0.25, -0.2) is 4.98 Å². The van der Waals surface area contributed by atoms with Crippen LogP contribution in [0.4, 0.5) is 5.13 Å². The van der Waals surface area contributed by atoms with E-state index in [9.17, 15) is 4.79 Å². The molecule has 0 bridgehead atoms. The second-order valence-electron chi connectivity index (χ2n) is 4.03. The van der Waals surface area contributed by atoms with E-state index in [0.717, 1.165) is 24.4 Å². The summed E-state index contributed by atoms with van der Waals surface area (Å²) in [5.41, 5.74) is 6.27. The molecule has 1 aromatic heterocycles. The third-order valence-electron chi connectivity index (χ3n) is 2.76. The second kappa shape index (κ2) is 4.80. The van der Waals surface area contributed by atoms with Crippen LogP contribution in [-0.4, -0.2) is 30.0 Å². The standard InChI is InChI=1S/C10H16N4OS/c1-12-10-14-8(5-16-10)9(15)13-7-3-2-6(11)4-7/h5-7H,2-4,11H2,1H3,(H,12,14)(H,13,15)/t6-,7-/m1/s1. The molecule has 1 aliphatic carbocycles. The third-order valence-corrected chi connectivity index (χ3v) is 3.62. The van der Waals surface area contributed by atoms with Crippen LogP contribution in [-0.2, 0) is 0 Å². The zero-order valence-corrected chi connectivity index (χ0v) is 10.0. The van der Waals surface area contributed by atoms with Crippen LogP contribution >= 0.6 is 11.3 Å². The number of amides is 1. The molecule has 0 spiro atoms. The molecule has 1 amide bonds. The van der Waals surface area contributed by atoms with Gasteiger partial charge in [-0.3, -0.25) is 4.79 Å². The molecule has 0 saturated heterocycles. The van der Waals surface area contributed by atoms with Gasteiger partial charge in [0.1, 0.15) is 5.69 Å². The summed E-state index contributed by atoms with van der Waals surface area (Å²) in [6.45, 7) is 0. The van der Waals surface area contributed by atoms with Gasteiger partial charge in [-0.1, -0.05) is 0 Å². The molecule has 0 aliphatic heterocycles. The lowest BCUT2D eigenvalue weighted by molar-refractivity contribution is 0.0933. The average molecular weight is 240 g/mol. The lowest BCUT2D eigenvalue weighted by Gasteiger charge is -2.10. The van der Waals surface area contributed by atoms with Gasteiger partial charge in [0.25, 0.3) is 5.91 Å². The summed E-state index contributed by atoms with van der Waals surface area (Å²) in [7, 11) is 1.79. The molecule has 0 radical (unpaired) electrons. The van der Waals surface area contributed by atoms with Crippen LogP contribution in [0.3, 0.4) is 0 Å². The lowest BCUT2D eigenvalue weighted by atomic mass is 10.2. The predicted molar refractivity (Wildman–Crippen MR) is 64.7 cm³/mol. The van der Waals surface area contributed by atoms with Gasteiger partial charge in [0, 0.05) is 24.5 Å². The number of hydrogen-bond donors (Lipinski definition) is 3. The van der Waals surface area contributed by atoms with E-state index in [-0.39, 0.29) is 18.0 Å². The molecule has 1 fully saturated rings. The molecule has 1 aromatic rings. The van der Waals surface area contributed by atoms with Crippen molar-refractivity contribution in [3.8, 4) is 0 Å². The minimum atomic E-state index is -0.100. The van der Waals surface area contributed by atoms with E-state index in [0.29, 0.717) is 5.69 Å². The summed E-state index contributed by atoms with van der Waals surface area (Å²) < 4.78 is 0. The van der Waals surface area contributed by atoms with Gasteiger partial charge in [-0.05, 0) is 19.3 Å². The number of nitrogens with zero attached hydrogens (tertiary/aromatic N) is 1. The van der Waals surface area contributed by atoms with Crippen LogP contribution in [0, 0.1) is 0 Å². The smallest absolute Gasteiger partial charge is 0.271 e. The van der Waals surface area contributed by atoms with Crippen molar-refractivity contribution in [2.45, 2.75) is 31.3 Å². The molecule has 2 atom stereocenters. The van der Waals surface area contributed by atoms with Gasteiger partial charge in [0.2, 0.25) is 0 Å². The van der Waals surface area contributed by atoms with Crippen LogP contribution in [0.25, 0.3) is 0 Å². The van der Waals surface area contributed by atoms with Gasteiger partial charge >= 0.3 is 0 Å². The van der Waals surface area contributed by atoms with Crippen molar-refractivity contribution in [2.24, 2.45) is 5.73 Å². The first-order valence-corrected chi connectivity index (χ1v) is 6.26. The Labute approximate surface area is 98.4 Å². The minimum absolute atomic E-state index is 0.100. The number of hydrogen-bond acceptors (Lipinski definition) is 5. The van der Waals surface area contributed by atoms with E-state index in [1.807, 2.05) is 0 Å². The van der Waals surface area contributed by atoms with Crippen LogP contribution in [0.2, 0.25) is 0 Å². The summed E-state index contributed by atoms with van der Waals surface area (Å²) in [6.07, 6.45) is 2.83. The molecular formula is C10H16N4OS. The minimum Gasteiger partial charge on any atom is -0.365 e. The number of nitrogens with two attached hydrogens (primary N) is 1. The van der Waals surface area contributed by atoms with Gasteiger partial charge in [0.15, 0.2) is 5.13 Å². The van der Waals surface area contributed by atoms with E-state index in [1.165, 1.54) is 11.3 Å². The fourth-order valence-corrected chi connectivity index (χ4v) is 2.55. The first-order chi connectivity index (χ1) is 7.69. The molecule has 0 aromatic carbocycles. The Kier molecular flexibility index (Phi) is 3.40. The van der Waals surface area contributed by atoms with Crippen molar-refractivity contribution < 1.29 is 4.79 Å². The van der Waals surface area contributed by atoms with Crippen molar-refractivity contribution in [3.05, 3.63) is 11.1 Å². The largest absolute Gasteiger partial charge is 0.365 e. The maximum atomic E-state index is 11.8. The van der Waals surface area contributed by atoms with Crippen molar-refractivity contribution in [1.29, 1.82) is 0 Å². The number of anilines is 1. The summed E-state index contributed by atoms with van der Waals surface area (Å²) >= 11 is 1.43. The Morgan fingerprint density at radius 3 is 3.00 bits per heavy atom. The topological polar surface area (TPSA) is 80.0 Å². The summed E-state index contributed by atoms with van der Waals surface area (Å²) in [5, 5.41) is 8.39. The summed E-state index contributed by atoms with van der Waals surface area (Å²) in [4.78, 5) is 16.0. The van der Waals surface area contributed by atoms with Gasteiger partial charge < -0.3 is 16.4 Å². The number of carbonyl (C=O) groups excluding carboxylic acids is 1. The van der Waals surface area contributed by atoms with Crippen LogP contribution in [0.1, 0.15) is 29.8 Å². The lowest BCUT2D eigenvalue weighted by Crippen LogP contribution is -2.34. The normalized spacial score (nSPS) is 24.4. The molecule has 1 heterocycles. The molecule has 5 nitrogen and oxygen atoms in total. The van der Waals surface area contributed by atoms with E-state index in [2.05, 4.69) is 15.6 Å². The first kappa shape index (κ1) is 11.3. The van der Waals surface area contributed by atoms with Crippen molar-refractivity contribution in [3.63, 3.8) is 0 Å². The predicted octanol–water partition coefficient (Wildman–Crippen LogP) is 0.794. The number of thiazole rings is 1. The fourth-order valence-electron chi connectivity index (χ4n) is 1.90. The van der Waals surface area contributed by atoms with Crippen molar-refractivity contribution in [2.75, 3.05) is 12.4 Å². The second-order valence-corrected chi connectivity index (χ2v) is 4.89. The quantitative estimate of drug-likeness (QED) is 0.730. The molecule has 4 N–H and O–H groups in total. The Morgan fingerprint density at radius 2 is 2.44 bits per heavy atom. The maximum Gasteiger partial charge on any atom is 0.271 e. The zero-order valence-electron chi connectivity index (χ0n) is 9.19. The summed E-state index contributed by atoms with van der Waals surface area (Å²) in [5.74, 6) is -0.100. The third kappa shape index (κ3) is 2.51. The van der Waals surface area contributed by atoms with Crippen LogP contribution in [0.5, 0.6) is 0 Å². The fraction of sp³-hybridized carbons (Fsp3) is 0.600. The van der Waals surface area contributed by atoms with Gasteiger partial charge in [-0.15, -0.1) is 11.3 Å². The van der Waals surface area contributed by atoms with Crippen LogP contribution < -0.4 is 16.4 Å². The van der Waals surface area contributed by atoms with Crippen LogP contribution in [0.15, 0.2) is 5.38 Å². The number of nitrogens with one attached hydrogen (secondary N) is 2. The molecule has 16 heavy (non-hydrogen) atoms. The Bertz CT molecular complexity index is 379. The molecule has 6 heteroatoms. The van der Waals surface area contributed by atoms with Gasteiger partial charge in [0.05, 0.1) is 0 Å². The first-order valence-electron chi connectivity index (χ1n) is 5.38. The van der Waals surface area contributed by atoms with E-state index >= 15 is 0 Å². The van der Waals surface area contributed by atoms with Crippen molar-refractivity contribution in [1.82, 2.24) is 10.3 Å². The van der Waals surface area contributed by atoms with E-state index < -0.39 is 0 Å². The number of aromatic nitrogens is 1. The van der Waals surface area contributed by atoms with Crippen molar-refractivity contribution >= 4 is 22.4 Å². The highest BCUT2D eigenvalue weighted by molar-refractivity contribution is 7.13. The number of rotatable bonds is 3. The van der Waals surface area contributed by atoms with E-state index in [1.54, 1.807) is 12.4 Å². The molecule has 2 rings (SSSR count). The summed E-state index contributed by atoms with van der Waals surface area (Å²) in [6, 6.07) is 0.441. The molecular weight excluding hydrogens is 224 g/mol. The Morgan fingerprint density at radius 1 is 1.62 bits per heavy atom. The zero-order chi connectivity index (χ0) is 11.5. The Hall–Kier alpha value is -1.14. The molecule has 1 saturated carbocycles. The maximum absolute atomic E-state index is 11.8. The van der Waals surface area contributed by atoms with E-state index in [4.69, 9.17) is 5.73 Å².